The summed E-state index contributed by atoms with van der Waals surface area (Å²) in [4.78, 5) is 17.1. The van der Waals surface area contributed by atoms with Crippen molar-refractivity contribution in [2.45, 2.75) is 6.54 Å². The first-order chi connectivity index (χ1) is 7.70. The lowest BCUT2D eigenvalue weighted by Gasteiger charge is -2.13. The molecule has 2 heterocycles. The zero-order valence-corrected chi connectivity index (χ0v) is 9.62. The fourth-order valence-corrected chi connectivity index (χ4v) is 1.65. The largest absolute Gasteiger partial charge is 0.448 e. The Morgan fingerprint density at radius 2 is 2.44 bits per heavy atom. The second-order valence-corrected chi connectivity index (χ2v) is 3.82. The Labute approximate surface area is 98.4 Å². The van der Waals surface area contributed by atoms with Crippen LogP contribution >= 0.6 is 11.6 Å². The van der Waals surface area contributed by atoms with Gasteiger partial charge in [-0.2, -0.15) is 0 Å². The molecule has 6 heteroatoms. The Hall–Kier alpha value is -1.49. The first-order valence-corrected chi connectivity index (χ1v) is 5.33. The van der Waals surface area contributed by atoms with E-state index in [2.05, 4.69) is 10.3 Å². The van der Waals surface area contributed by atoms with Crippen molar-refractivity contribution in [3.63, 3.8) is 0 Å². The van der Waals surface area contributed by atoms with Gasteiger partial charge in [-0.05, 0) is 12.1 Å². The standard InChI is InChI=1S/C10H12ClN3O2/c1-12-9-3-2-7(11)8(13-9)6-14-4-5-16-10(14)15/h2-3H,4-6H2,1H3,(H,12,13). The molecule has 1 fully saturated rings. The molecule has 0 unspecified atom stereocenters. The number of halogens is 1. The fourth-order valence-electron chi connectivity index (χ4n) is 1.48. The van der Waals surface area contributed by atoms with Crippen LogP contribution in [0.2, 0.25) is 5.02 Å². The van der Waals surface area contributed by atoms with E-state index in [0.717, 1.165) is 5.82 Å². The van der Waals surface area contributed by atoms with Crippen molar-refractivity contribution in [1.82, 2.24) is 9.88 Å². The van der Waals surface area contributed by atoms with Crippen LogP contribution in [0.4, 0.5) is 10.6 Å². The number of amides is 1. The van der Waals surface area contributed by atoms with Crippen LogP contribution in [-0.4, -0.2) is 36.2 Å². The second-order valence-electron chi connectivity index (χ2n) is 3.41. The van der Waals surface area contributed by atoms with Crippen molar-refractivity contribution in [1.29, 1.82) is 0 Å². The smallest absolute Gasteiger partial charge is 0.410 e. The Kier molecular flexibility index (Phi) is 3.14. The number of anilines is 1. The van der Waals surface area contributed by atoms with Gasteiger partial charge in [0.2, 0.25) is 0 Å². The van der Waals surface area contributed by atoms with Crippen LogP contribution in [-0.2, 0) is 11.3 Å². The summed E-state index contributed by atoms with van der Waals surface area (Å²) in [5, 5.41) is 3.48. The van der Waals surface area contributed by atoms with E-state index in [9.17, 15) is 4.79 Å². The van der Waals surface area contributed by atoms with E-state index in [1.807, 2.05) is 0 Å². The Balaban J connectivity index is 2.16. The third-order valence-corrected chi connectivity index (χ3v) is 2.70. The van der Waals surface area contributed by atoms with Gasteiger partial charge in [-0.3, -0.25) is 4.90 Å². The third-order valence-electron chi connectivity index (χ3n) is 2.36. The zero-order chi connectivity index (χ0) is 11.5. The molecule has 0 radical (unpaired) electrons. The lowest BCUT2D eigenvalue weighted by Crippen LogP contribution is -2.24. The van der Waals surface area contributed by atoms with Crippen molar-refractivity contribution in [3.05, 3.63) is 22.8 Å². The number of cyclic esters (lactones) is 1. The average molecular weight is 242 g/mol. The highest BCUT2D eigenvalue weighted by Crippen LogP contribution is 2.19. The van der Waals surface area contributed by atoms with Gasteiger partial charge in [0.25, 0.3) is 0 Å². The van der Waals surface area contributed by atoms with Crippen molar-refractivity contribution in [2.24, 2.45) is 0 Å². The quantitative estimate of drug-likeness (QED) is 0.876. The van der Waals surface area contributed by atoms with Crippen LogP contribution < -0.4 is 5.32 Å². The van der Waals surface area contributed by atoms with Gasteiger partial charge in [0.05, 0.1) is 23.8 Å². The SMILES string of the molecule is CNc1ccc(Cl)c(CN2CCOC2=O)n1. The van der Waals surface area contributed by atoms with Crippen LogP contribution in [0, 0.1) is 0 Å². The number of aromatic nitrogens is 1. The molecule has 1 N–H and O–H groups in total. The molecule has 1 saturated heterocycles. The second kappa shape index (κ2) is 4.57. The molecular formula is C10H12ClN3O2. The van der Waals surface area contributed by atoms with Crippen molar-refractivity contribution >= 4 is 23.5 Å². The molecule has 0 aliphatic carbocycles. The van der Waals surface area contributed by atoms with Crippen molar-refractivity contribution < 1.29 is 9.53 Å². The van der Waals surface area contributed by atoms with E-state index in [-0.39, 0.29) is 6.09 Å². The molecule has 5 nitrogen and oxygen atoms in total. The minimum Gasteiger partial charge on any atom is -0.448 e. The van der Waals surface area contributed by atoms with Crippen LogP contribution in [0.1, 0.15) is 5.69 Å². The number of hydrogen-bond donors (Lipinski definition) is 1. The number of carbonyl (C=O) groups is 1. The predicted octanol–water partition coefficient (Wildman–Crippen LogP) is 1.73. The molecule has 0 bridgehead atoms. The molecule has 2 rings (SSSR count). The Morgan fingerprint density at radius 3 is 3.06 bits per heavy atom. The number of rotatable bonds is 3. The minimum atomic E-state index is -0.312. The minimum absolute atomic E-state index is 0.312. The first-order valence-electron chi connectivity index (χ1n) is 4.95. The van der Waals surface area contributed by atoms with Crippen molar-refractivity contribution in [3.8, 4) is 0 Å². The summed E-state index contributed by atoms with van der Waals surface area (Å²) in [7, 11) is 1.78. The zero-order valence-electron chi connectivity index (χ0n) is 8.86. The Bertz CT molecular complexity index is 411. The Morgan fingerprint density at radius 1 is 1.62 bits per heavy atom. The molecule has 86 valence electrons. The van der Waals surface area contributed by atoms with Crippen LogP contribution in [0.5, 0.6) is 0 Å². The van der Waals surface area contributed by atoms with E-state index in [4.69, 9.17) is 16.3 Å². The maximum atomic E-state index is 11.3. The normalized spacial score (nSPS) is 15.1. The van der Waals surface area contributed by atoms with Crippen LogP contribution in [0.15, 0.2) is 12.1 Å². The molecule has 1 aliphatic rings. The molecule has 1 amide bonds. The van der Waals surface area contributed by atoms with Crippen molar-refractivity contribution in [2.75, 3.05) is 25.5 Å². The predicted molar refractivity (Wildman–Crippen MR) is 60.6 cm³/mol. The molecule has 1 aromatic heterocycles. The summed E-state index contributed by atoms with van der Waals surface area (Å²) in [6.07, 6.45) is -0.312. The van der Waals surface area contributed by atoms with E-state index in [0.29, 0.717) is 30.4 Å². The van der Waals surface area contributed by atoms with Gasteiger partial charge in [0.15, 0.2) is 0 Å². The summed E-state index contributed by atoms with van der Waals surface area (Å²) < 4.78 is 4.83. The molecule has 0 atom stereocenters. The number of hydrogen-bond acceptors (Lipinski definition) is 4. The van der Waals surface area contributed by atoms with Gasteiger partial charge >= 0.3 is 6.09 Å². The van der Waals surface area contributed by atoms with Gasteiger partial charge < -0.3 is 10.1 Å². The van der Waals surface area contributed by atoms with Gasteiger partial charge in [0, 0.05) is 7.05 Å². The molecule has 1 aromatic rings. The van der Waals surface area contributed by atoms with Crippen LogP contribution in [0.25, 0.3) is 0 Å². The molecule has 0 aromatic carbocycles. The number of nitrogens with one attached hydrogen (secondary N) is 1. The number of nitrogens with zero attached hydrogens (tertiary/aromatic N) is 2. The van der Waals surface area contributed by atoms with Gasteiger partial charge in [-0.25, -0.2) is 9.78 Å². The summed E-state index contributed by atoms with van der Waals surface area (Å²) in [6, 6.07) is 3.55. The highest BCUT2D eigenvalue weighted by atomic mass is 35.5. The lowest BCUT2D eigenvalue weighted by molar-refractivity contribution is 0.157. The summed E-state index contributed by atoms with van der Waals surface area (Å²) in [5.41, 5.74) is 0.673. The average Bonchev–Trinajstić information content (AvgIpc) is 2.68. The van der Waals surface area contributed by atoms with E-state index in [1.54, 1.807) is 24.1 Å². The fraction of sp³-hybridized carbons (Fsp3) is 0.400. The van der Waals surface area contributed by atoms with Gasteiger partial charge in [-0.15, -0.1) is 0 Å². The molecule has 0 spiro atoms. The van der Waals surface area contributed by atoms with E-state index < -0.39 is 0 Å². The number of ether oxygens (including phenoxy) is 1. The summed E-state index contributed by atoms with van der Waals surface area (Å²) >= 11 is 6.01. The van der Waals surface area contributed by atoms with E-state index in [1.165, 1.54) is 0 Å². The number of pyridine rings is 1. The summed E-state index contributed by atoms with van der Waals surface area (Å²) in [6.45, 7) is 1.40. The maximum absolute atomic E-state index is 11.3. The highest BCUT2D eigenvalue weighted by Gasteiger charge is 2.23. The molecule has 0 saturated carbocycles. The van der Waals surface area contributed by atoms with Gasteiger partial charge in [0.1, 0.15) is 12.4 Å². The molecule has 16 heavy (non-hydrogen) atoms. The highest BCUT2D eigenvalue weighted by molar-refractivity contribution is 6.31. The monoisotopic (exact) mass is 241 g/mol. The van der Waals surface area contributed by atoms with Crippen LogP contribution in [0.3, 0.4) is 0 Å². The van der Waals surface area contributed by atoms with Gasteiger partial charge in [-0.1, -0.05) is 11.6 Å². The van der Waals surface area contributed by atoms with E-state index >= 15 is 0 Å². The first kappa shape index (κ1) is 11.0. The molecule has 1 aliphatic heterocycles. The maximum Gasteiger partial charge on any atom is 0.410 e. The number of carbonyl (C=O) groups excluding carboxylic acids is 1. The molecular weight excluding hydrogens is 230 g/mol. The topological polar surface area (TPSA) is 54.5 Å². The summed E-state index contributed by atoms with van der Waals surface area (Å²) in [5.74, 6) is 0.729. The lowest BCUT2D eigenvalue weighted by atomic mass is 10.3. The third kappa shape index (κ3) is 2.19.